The minimum Gasteiger partial charge on any atom is -0.497 e. The highest BCUT2D eigenvalue weighted by molar-refractivity contribution is 7.89. The number of hydrogen-bond donors (Lipinski definition) is 1. The van der Waals surface area contributed by atoms with Gasteiger partial charge >= 0.3 is 0 Å². The van der Waals surface area contributed by atoms with Crippen LogP contribution in [0, 0.1) is 0 Å². The normalized spacial score (nSPS) is 15.9. The molecular weight excluding hydrogens is 262 g/mol. The lowest BCUT2D eigenvalue weighted by Crippen LogP contribution is -2.26. The quantitative estimate of drug-likeness (QED) is 0.844. The fourth-order valence-corrected chi connectivity index (χ4v) is 3.13. The van der Waals surface area contributed by atoms with Gasteiger partial charge in [0, 0.05) is 6.54 Å². The Labute approximate surface area is 114 Å². The summed E-state index contributed by atoms with van der Waals surface area (Å²) in [5.41, 5.74) is 1.18. The van der Waals surface area contributed by atoms with Crippen LogP contribution >= 0.6 is 0 Å². The molecule has 1 aliphatic rings. The van der Waals surface area contributed by atoms with Crippen molar-refractivity contribution in [3.8, 4) is 5.75 Å². The van der Waals surface area contributed by atoms with Crippen molar-refractivity contribution in [3.63, 3.8) is 0 Å². The number of allylic oxidation sites excluding steroid dienone is 1. The summed E-state index contributed by atoms with van der Waals surface area (Å²) in [7, 11) is -1.88. The van der Waals surface area contributed by atoms with Crippen LogP contribution in [0.25, 0.3) is 0 Å². The predicted octanol–water partition coefficient (Wildman–Crippen LogP) is 2.47. The lowest BCUT2D eigenvalue weighted by molar-refractivity contribution is 0.414. The molecular formula is C14H19NO3S. The van der Waals surface area contributed by atoms with Gasteiger partial charge in [-0.05, 0) is 49.9 Å². The Morgan fingerprint density at radius 1 is 1.21 bits per heavy atom. The van der Waals surface area contributed by atoms with E-state index in [9.17, 15) is 8.42 Å². The first-order valence-corrected chi connectivity index (χ1v) is 7.92. The lowest BCUT2D eigenvalue weighted by atomic mass is 10.0. The van der Waals surface area contributed by atoms with Crippen molar-refractivity contribution in [2.24, 2.45) is 0 Å². The predicted molar refractivity (Wildman–Crippen MR) is 74.7 cm³/mol. The van der Waals surface area contributed by atoms with Gasteiger partial charge in [0.25, 0.3) is 0 Å². The van der Waals surface area contributed by atoms with E-state index in [0.29, 0.717) is 12.3 Å². The molecule has 0 aliphatic heterocycles. The molecule has 104 valence electrons. The Morgan fingerprint density at radius 3 is 2.53 bits per heavy atom. The highest BCUT2D eigenvalue weighted by atomic mass is 32.2. The van der Waals surface area contributed by atoms with Crippen molar-refractivity contribution >= 4 is 10.0 Å². The van der Waals surface area contributed by atoms with E-state index in [0.717, 1.165) is 19.3 Å². The Morgan fingerprint density at radius 2 is 1.95 bits per heavy atom. The van der Waals surface area contributed by atoms with E-state index in [1.807, 2.05) is 0 Å². The van der Waals surface area contributed by atoms with Crippen LogP contribution in [0.4, 0.5) is 0 Å². The van der Waals surface area contributed by atoms with E-state index in [1.54, 1.807) is 31.4 Å². The number of rotatable bonds is 5. The van der Waals surface area contributed by atoms with Crippen LogP contribution in [-0.2, 0) is 10.0 Å². The minimum absolute atomic E-state index is 0.268. The monoisotopic (exact) mass is 281 g/mol. The topological polar surface area (TPSA) is 55.4 Å². The van der Waals surface area contributed by atoms with Crippen molar-refractivity contribution < 1.29 is 13.2 Å². The second-order valence-electron chi connectivity index (χ2n) is 4.61. The van der Waals surface area contributed by atoms with Gasteiger partial charge < -0.3 is 4.74 Å². The maximum absolute atomic E-state index is 12.1. The van der Waals surface area contributed by atoms with E-state index < -0.39 is 10.0 Å². The van der Waals surface area contributed by atoms with Gasteiger partial charge in [0.1, 0.15) is 5.75 Å². The Kier molecular flexibility index (Phi) is 4.61. The summed E-state index contributed by atoms with van der Waals surface area (Å²) in [4.78, 5) is 0.268. The number of hydrogen-bond acceptors (Lipinski definition) is 3. The SMILES string of the molecule is COc1ccc(S(=O)(=O)NCC2=CCCCC2)cc1. The largest absolute Gasteiger partial charge is 0.497 e. The summed E-state index contributed by atoms with van der Waals surface area (Å²) in [6.07, 6.45) is 6.54. The van der Waals surface area contributed by atoms with Gasteiger partial charge in [0.2, 0.25) is 10.0 Å². The highest BCUT2D eigenvalue weighted by Gasteiger charge is 2.14. The molecule has 2 rings (SSSR count). The molecule has 0 radical (unpaired) electrons. The van der Waals surface area contributed by atoms with Crippen LogP contribution in [0.2, 0.25) is 0 Å². The molecule has 4 nitrogen and oxygen atoms in total. The number of ether oxygens (including phenoxy) is 1. The average Bonchev–Trinajstić information content (AvgIpc) is 2.46. The Balaban J connectivity index is 2.02. The second-order valence-corrected chi connectivity index (χ2v) is 6.38. The van der Waals surface area contributed by atoms with Crippen LogP contribution in [0.5, 0.6) is 5.75 Å². The van der Waals surface area contributed by atoms with Gasteiger partial charge in [-0.25, -0.2) is 13.1 Å². The third-order valence-electron chi connectivity index (χ3n) is 3.24. The Bertz CT molecular complexity index is 547. The smallest absolute Gasteiger partial charge is 0.240 e. The van der Waals surface area contributed by atoms with Crippen LogP contribution in [0.3, 0.4) is 0 Å². The molecule has 0 fully saturated rings. The fraction of sp³-hybridized carbons (Fsp3) is 0.429. The zero-order chi connectivity index (χ0) is 13.7. The lowest BCUT2D eigenvalue weighted by Gasteiger charge is -2.13. The Hall–Kier alpha value is -1.33. The molecule has 1 N–H and O–H groups in total. The van der Waals surface area contributed by atoms with Crippen LogP contribution in [0.1, 0.15) is 25.7 Å². The minimum atomic E-state index is -3.43. The zero-order valence-electron chi connectivity index (χ0n) is 11.1. The summed E-state index contributed by atoms with van der Waals surface area (Å²) >= 11 is 0. The van der Waals surface area contributed by atoms with E-state index in [2.05, 4.69) is 10.8 Å². The molecule has 0 saturated carbocycles. The van der Waals surface area contributed by atoms with Crippen LogP contribution in [0.15, 0.2) is 40.8 Å². The molecule has 1 aromatic carbocycles. The molecule has 0 aromatic heterocycles. The summed E-state index contributed by atoms with van der Waals surface area (Å²) in [5, 5.41) is 0. The van der Waals surface area contributed by atoms with E-state index in [1.165, 1.54) is 12.0 Å². The third kappa shape index (κ3) is 3.81. The van der Waals surface area contributed by atoms with Crippen molar-refractivity contribution in [1.82, 2.24) is 4.72 Å². The highest BCUT2D eigenvalue weighted by Crippen LogP contribution is 2.18. The molecule has 0 amide bonds. The summed E-state index contributed by atoms with van der Waals surface area (Å²) in [5.74, 6) is 0.647. The van der Waals surface area contributed by atoms with E-state index in [4.69, 9.17) is 4.74 Å². The first-order valence-electron chi connectivity index (χ1n) is 6.43. The molecule has 19 heavy (non-hydrogen) atoms. The summed E-state index contributed by atoms with van der Waals surface area (Å²) < 4.78 is 31.8. The van der Waals surface area contributed by atoms with Crippen molar-refractivity contribution in [2.45, 2.75) is 30.6 Å². The molecule has 1 aromatic rings. The van der Waals surface area contributed by atoms with Gasteiger partial charge in [-0.2, -0.15) is 0 Å². The zero-order valence-corrected chi connectivity index (χ0v) is 11.9. The molecule has 0 unspecified atom stereocenters. The van der Waals surface area contributed by atoms with Gasteiger partial charge in [-0.3, -0.25) is 0 Å². The molecule has 0 saturated heterocycles. The van der Waals surface area contributed by atoms with Crippen molar-refractivity contribution in [3.05, 3.63) is 35.9 Å². The molecule has 1 aliphatic carbocycles. The summed E-state index contributed by atoms with van der Waals surface area (Å²) in [6.45, 7) is 0.411. The van der Waals surface area contributed by atoms with Gasteiger partial charge in [-0.1, -0.05) is 11.6 Å². The number of benzene rings is 1. The van der Waals surface area contributed by atoms with E-state index in [-0.39, 0.29) is 4.90 Å². The first-order chi connectivity index (χ1) is 9.12. The molecule has 0 bridgehead atoms. The maximum Gasteiger partial charge on any atom is 0.240 e. The molecule has 0 spiro atoms. The third-order valence-corrected chi connectivity index (χ3v) is 4.66. The van der Waals surface area contributed by atoms with Gasteiger partial charge in [-0.15, -0.1) is 0 Å². The fourth-order valence-electron chi connectivity index (χ4n) is 2.09. The number of nitrogens with one attached hydrogen (secondary N) is 1. The average molecular weight is 281 g/mol. The molecule has 0 atom stereocenters. The second kappa shape index (κ2) is 6.21. The van der Waals surface area contributed by atoms with Crippen LogP contribution < -0.4 is 9.46 Å². The maximum atomic E-state index is 12.1. The standard InChI is InChI=1S/C14H19NO3S/c1-18-13-7-9-14(10-8-13)19(16,17)15-11-12-5-3-2-4-6-12/h5,7-10,15H,2-4,6,11H2,1H3. The van der Waals surface area contributed by atoms with Crippen molar-refractivity contribution in [1.29, 1.82) is 0 Å². The van der Waals surface area contributed by atoms with E-state index >= 15 is 0 Å². The first kappa shape index (κ1) is 14.1. The molecule has 5 heteroatoms. The summed E-state index contributed by atoms with van der Waals surface area (Å²) in [6, 6.07) is 6.40. The number of sulfonamides is 1. The van der Waals surface area contributed by atoms with Gasteiger partial charge in [0.15, 0.2) is 0 Å². The van der Waals surface area contributed by atoms with Crippen LogP contribution in [-0.4, -0.2) is 22.1 Å². The number of methoxy groups -OCH3 is 1. The molecule has 0 heterocycles. The van der Waals surface area contributed by atoms with Gasteiger partial charge in [0.05, 0.1) is 12.0 Å². The van der Waals surface area contributed by atoms with Crippen molar-refractivity contribution in [2.75, 3.05) is 13.7 Å².